The molecule has 0 atom stereocenters. The van der Waals surface area contributed by atoms with Crippen molar-refractivity contribution >= 4 is 17.3 Å². The van der Waals surface area contributed by atoms with Gasteiger partial charge in [-0.3, -0.25) is 10.1 Å². The predicted molar refractivity (Wildman–Crippen MR) is 82.3 cm³/mol. The molecule has 1 rings (SSSR count). The molecule has 0 radical (unpaired) electrons. The number of hydrogen-bond acceptors (Lipinski definition) is 5. The summed E-state index contributed by atoms with van der Waals surface area (Å²) in [4.78, 5) is 15.0. The molecule has 0 amide bonds. The first-order valence-corrected chi connectivity index (χ1v) is 7.06. The lowest BCUT2D eigenvalue weighted by Gasteiger charge is -2.26. The van der Waals surface area contributed by atoms with Crippen molar-refractivity contribution in [3.63, 3.8) is 0 Å². The Morgan fingerprint density at radius 2 is 1.90 bits per heavy atom. The van der Waals surface area contributed by atoms with Crippen LogP contribution in [0.5, 0.6) is 0 Å². The first-order chi connectivity index (χ1) is 9.38. The number of nitro groups is 1. The van der Waals surface area contributed by atoms with E-state index in [9.17, 15) is 10.1 Å². The van der Waals surface area contributed by atoms with Crippen molar-refractivity contribution in [2.45, 2.75) is 52.5 Å². The SMILES string of the molecule is CCCNc1cc([N+](=O)[O-])cc(NC(C)(C)CCC)n1. The number of nitrogens with one attached hydrogen (secondary N) is 2. The van der Waals surface area contributed by atoms with E-state index in [1.807, 2.05) is 6.92 Å². The van der Waals surface area contributed by atoms with Crippen LogP contribution in [0.2, 0.25) is 0 Å². The normalized spacial score (nSPS) is 11.2. The average molecular weight is 280 g/mol. The van der Waals surface area contributed by atoms with Gasteiger partial charge in [-0.1, -0.05) is 20.3 Å². The average Bonchev–Trinajstić information content (AvgIpc) is 2.35. The number of hydrogen-bond donors (Lipinski definition) is 2. The fraction of sp³-hybridized carbons (Fsp3) is 0.643. The Bertz CT molecular complexity index is 460. The Hall–Kier alpha value is -1.85. The summed E-state index contributed by atoms with van der Waals surface area (Å²) in [7, 11) is 0. The third-order valence-electron chi connectivity index (χ3n) is 2.92. The molecule has 0 unspecified atom stereocenters. The van der Waals surface area contributed by atoms with E-state index in [2.05, 4.69) is 36.4 Å². The lowest BCUT2D eigenvalue weighted by Crippen LogP contribution is -2.31. The van der Waals surface area contributed by atoms with Crippen LogP contribution in [-0.4, -0.2) is 22.0 Å². The molecule has 0 saturated heterocycles. The van der Waals surface area contributed by atoms with Crippen LogP contribution in [0.4, 0.5) is 17.3 Å². The summed E-state index contributed by atoms with van der Waals surface area (Å²) in [6.07, 6.45) is 2.94. The number of rotatable bonds is 8. The van der Waals surface area contributed by atoms with Gasteiger partial charge in [-0.05, 0) is 26.7 Å². The first-order valence-electron chi connectivity index (χ1n) is 7.06. The maximum atomic E-state index is 11.0. The molecule has 1 heterocycles. The van der Waals surface area contributed by atoms with Gasteiger partial charge in [0.2, 0.25) is 0 Å². The summed E-state index contributed by atoms with van der Waals surface area (Å²) in [5, 5.41) is 17.4. The summed E-state index contributed by atoms with van der Waals surface area (Å²) in [6, 6.07) is 2.95. The van der Waals surface area contributed by atoms with Gasteiger partial charge in [-0.25, -0.2) is 4.98 Å². The summed E-state index contributed by atoms with van der Waals surface area (Å²) in [5.41, 5.74) is -0.0904. The van der Waals surface area contributed by atoms with Gasteiger partial charge in [0.25, 0.3) is 5.69 Å². The van der Waals surface area contributed by atoms with Gasteiger partial charge in [-0.15, -0.1) is 0 Å². The van der Waals surface area contributed by atoms with E-state index in [1.54, 1.807) is 0 Å². The molecular weight excluding hydrogens is 256 g/mol. The lowest BCUT2D eigenvalue weighted by molar-refractivity contribution is -0.384. The molecule has 0 spiro atoms. The van der Waals surface area contributed by atoms with Crippen LogP contribution in [0.25, 0.3) is 0 Å². The second-order valence-corrected chi connectivity index (χ2v) is 5.54. The Morgan fingerprint density at radius 1 is 1.25 bits per heavy atom. The summed E-state index contributed by atoms with van der Waals surface area (Å²) in [6.45, 7) is 9.02. The van der Waals surface area contributed by atoms with Crippen LogP contribution < -0.4 is 10.6 Å². The van der Waals surface area contributed by atoms with Crippen molar-refractivity contribution < 1.29 is 4.92 Å². The zero-order valence-corrected chi connectivity index (χ0v) is 12.7. The maximum Gasteiger partial charge on any atom is 0.276 e. The standard InChI is InChI=1S/C14H24N4O2/c1-5-7-14(3,4)17-13-10-11(18(19)20)9-12(16-13)15-8-6-2/h9-10H,5-8H2,1-4H3,(H2,15,16,17). The molecule has 2 N–H and O–H groups in total. The van der Waals surface area contributed by atoms with Gasteiger partial charge in [0.1, 0.15) is 11.6 Å². The van der Waals surface area contributed by atoms with Crippen molar-refractivity contribution in [2.75, 3.05) is 17.2 Å². The highest BCUT2D eigenvalue weighted by Gasteiger charge is 2.19. The van der Waals surface area contributed by atoms with Crippen molar-refractivity contribution in [1.82, 2.24) is 4.98 Å². The topological polar surface area (TPSA) is 80.1 Å². The van der Waals surface area contributed by atoms with Crippen LogP contribution in [0.15, 0.2) is 12.1 Å². The van der Waals surface area contributed by atoms with Crippen LogP contribution in [-0.2, 0) is 0 Å². The highest BCUT2D eigenvalue weighted by Crippen LogP contribution is 2.24. The first kappa shape index (κ1) is 16.2. The smallest absolute Gasteiger partial charge is 0.276 e. The molecule has 1 aromatic heterocycles. The Morgan fingerprint density at radius 3 is 2.45 bits per heavy atom. The number of anilines is 2. The minimum Gasteiger partial charge on any atom is -0.370 e. The monoisotopic (exact) mass is 280 g/mol. The van der Waals surface area contributed by atoms with Crippen LogP contribution in [0.3, 0.4) is 0 Å². The third-order valence-corrected chi connectivity index (χ3v) is 2.92. The van der Waals surface area contributed by atoms with Gasteiger partial charge in [0.05, 0.1) is 17.1 Å². The van der Waals surface area contributed by atoms with Gasteiger partial charge < -0.3 is 10.6 Å². The van der Waals surface area contributed by atoms with E-state index >= 15 is 0 Å². The van der Waals surface area contributed by atoms with E-state index in [0.29, 0.717) is 11.6 Å². The molecule has 0 aliphatic carbocycles. The molecule has 112 valence electrons. The summed E-state index contributed by atoms with van der Waals surface area (Å²) >= 11 is 0. The molecule has 0 bridgehead atoms. The molecule has 20 heavy (non-hydrogen) atoms. The minimum absolute atomic E-state index is 0.0494. The number of aromatic nitrogens is 1. The highest BCUT2D eigenvalue weighted by atomic mass is 16.6. The molecule has 0 aromatic carbocycles. The molecule has 6 nitrogen and oxygen atoms in total. The fourth-order valence-electron chi connectivity index (χ4n) is 2.06. The van der Waals surface area contributed by atoms with Crippen LogP contribution in [0.1, 0.15) is 47.0 Å². The van der Waals surface area contributed by atoms with E-state index < -0.39 is 4.92 Å². The second-order valence-electron chi connectivity index (χ2n) is 5.54. The highest BCUT2D eigenvalue weighted by molar-refractivity contribution is 5.55. The summed E-state index contributed by atoms with van der Waals surface area (Å²) < 4.78 is 0. The predicted octanol–water partition coefficient (Wildman–Crippen LogP) is 3.80. The van der Waals surface area contributed by atoms with E-state index in [-0.39, 0.29) is 11.2 Å². The van der Waals surface area contributed by atoms with Gasteiger partial charge in [-0.2, -0.15) is 0 Å². The largest absolute Gasteiger partial charge is 0.370 e. The molecule has 0 aliphatic heterocycles. The van der Waals surface area contributed by atoms with Crippen molar-refractivity contribution in [3.8, 4) is 0 Å². The zero-order valence-electron chi connectivity index (χ0n) is 12.7. The van der Waals surface area contributed by atoms with Gasteiger partial charge in [0, 0.05) is 12.1 Å². The number of nitrogens with zero attached hydrogens (tertiary/aromatic N) is 2. The Balaban J connectivity index is 2.99. The minimum atomic E-state index is -0.392. The van der Waals surface area contributed by atoms with Crippen LogP contribution >= 0.6 is 0 Å². The van der Waals surface area contributed by atoms with Crippen LogP contribution in [0, 0.1) is 10.1 Å². The molecule has 0 aliphatic rings. The fourth-order valence-corrected chi connectivity index (χ4v) is 2.06. The lowest BCUT2D eigenvalue weighted by atomic mass is 9.99. The van der Waals surface area contributed by atoms with E-state index in [0.717, 1.165) is 25.8 Å². The van der Waals surface area contributed by atoms with E-state index in [4.69, 9.17) is 0 Å². The van der Waals surface area contributed by atoms with Crippen molar-refractivity contribution in [2.24, 2.45) is 0 Å². The quantitative estimate of drug-likeness (QED) is 0.559. The molecule has 0 fully saturated rings. The molecular formula is C14H24N4O2. The Kier molecular flexibility index (Phi) is 5.73. The maximum absolute atomic E-state index is 11.0. The van der Waals surface area contributed by atoms with Crippen molar-refractivity contribution in [1.29, 1.82) is 0 Å². The third kappa shape index (κ3) is 5.03. The van der Waals surface area contributed by atoms with Crippen molar-refractivity contribution in [3.05, 3.63) is 22.2 Å². The van der Waals surface area contributed by atoms with Gasteiger partial charge >= 0.3 is 0 Å². The Labute approximate surface area is 120 Å². The number of pyridine rings is 1. The summed E-state index contributed by atoms with van der Waals surface area (Å²) in [5.74, 6) is 1.08. The zero-order chi connectivity index (χ0) is 15.2. The second kappa shape index (κ2) is 7.07. The van der Waals surface area contributed by atoms with Gasteiger partial charge in [0.15, 0.2) is 0 Å². The van der Waals surface area contributed by atoms with E-state index in [1.165, 1.54) is 12.1 Å². The molecule has 1 aromatic rings. The molecule has 6 heteroatoms. The molecule has 0 saturated carbocycles.